The summed E-state index contributed by atoms with van der Waals surface area (Å²) in [4.78, 5) is 36.3. The molecule has 0 aromatic heterocycles. The van der Waals surface area contributed by atoms with Crippen LogP contribution in [0.2, 0.25) is 0 Å². The standard InChI is InChI=1S/C19H22N2O4/c1-13(20-18(23)15-10-6-7-11-15)17(22)21-16(19(24)25-2)12-14-8-4-3-5-9-14/h3-11,13,15-16H,12H2,1-2H3,(H,20,23)(H,21,22)/t13-,16-/m0/s1. The zero-order valence-electron chi connectivity index (χ0n) is 14.3. The largest absolute Gasteiger partial charge is 0.467 e. The first-order valence-electron chi connectivity index (χ1n) is 8.08. The average Bonchev–Trinajstić information content (AvgIpc) is 3.16. The van der Waals surface area contributed by atoms with Crippen molar-refractivity contribution >= 4 is 17.8 Å². The second-order valence-electron chi connectivity index (χ2n) is 5.80. The fourth-order valence-electron chi connectivity index (χ4n) is 2.46. The summed E-state index contributed by atoms with van der Waals surface area (Å²) in [7, 11) is 1.27. The highest BCUT2D eigenvalue weighted by molar-refractivity contribution is 5.92. The molecule has 6 nitrogen and oxygen atoms in total. The first-order chi connectivity index (χ1) is 12.0. The van der Waals surface area contributed by atoms with Crippen molar-refractivity contribution in [3.63, 3.8) is 0 Å². The molecule has 1 aliphatic rings. The zero-order chi connectivity index (χ0) is 18.2. The summed E-state index contributed by atoms with van der Waals surface area (Å²) < 4.78 is 4.77. The fraction of sp³-hybridized carbons (Fsp3) is 0.316. The summed E-state index contributed by atoms with van der Waals surface area (Å²) in [5.41, 5.74) is 0.899. The maximum atomic E-state index is 12.3. The van der Waals surface area contributed by atoms with E-state index in [1.807, 2.05) is 30.3 Å². The third-order valence-corrected chi connectivity index (χ3v) is 3.89. The van der Waals surface area contributed by atoms with Gasteiger partial charge in [0.1, 0.15) is 12.1 Å². The average molecular weight is 342 g/mol. The highest BCUT2D eigenvalue weighted by Crippen LogP contribution is 2.09. The number of nitrogens with one attached hydrogen (secondary N) is 2. The number of rotatable bonds is 7. The molecule has 2 N–H and O–H groups in total. The Hall–Kier alpha value is -2.89. The van der Waals surface area contributed by atoms with E-state index >= 15 is 0 Å². The first kappa shape index (κ1) is 18.4. The highest BCUT2D eigenvalue weighted by Gasteiger charge is 2.26. The first-order valence-corrected chi connectivity index (χ1v) is 8.08. The van der Waals surface area contributed by atoms with Crippen LogP contribution < -0.4 is 10.6 Å². The number of allylic oxidation sites excluding steroid dienone is 2. The minimum Gasteiger partial charge on any atom is -0.467 e. The third-order valence-electron chi connectivity index (χ3n) is 3.89. The number of carbonyl (C=O) groups excluding carboxylic acids is 3. The van der Waals surface area contributed by atoms with E-state index in [1.165, 1.54) is 7.11 Å². The SMILES string of the molecule is COC(=O)[C@H](Cc1ccccc1)NC(=O)[C@H](C)NC(=O)C1C=CC=C1. The van der Waals surface area contributed by atoms with E-state index in [1.54, 1.807) is 31.2 Å². The van der Waals surface area contributed by atoms with Crippen molar-refractivity contribution in [2.24, 2.45) is 5.92 Å². The van der Waals surface area contributed by atoms with E-state index < -0.39 is 24.0 Å². The molecule has 2 amide bonds. The van der Waals surface area contributed by atoms with Crippen LogP contribution in [0.4, 0.5) is 0 Å². The number of benzene rings is 1. The molecule has 25 heavy (non-hydrogen) atoms. The van der Waals surface area contributed by atoms with Gasteiger partial charge in [0.15, 0.2) is 0 Å². The molecule has 132 valence electrons. The summed E-state index contributed by atoms with van der Waals surface area (Å²) in [6, 6.07) is 7.74. The van der Waals surface area contributed by atoms with Gasteiger partial charge in [-0.15, -0.1) is 0 Å². The molecule has 0 saturated heterocycles. The third kappa shape index (κ3) is 5.31. The molecule has 0 fully saturated rings. The minimum absolute atomic E-state index is 0.259. The van der Waals surface area contributed by atoms with Crippen molar-refractivity contribution in [2.75, 3.05) is 7.11 Å². The molecule has 0 heterocycles. The summed E-state index contributed by atoms with van der Waals surface area (Å²) in [5, 5.41) is 5.29. The van der Waals surface area contributed by atoms with E-state index in [0.717, 1.165) is 5.56 Å². The smallest absolute Gasteiger partial charge is 0.328 e. The van der Waals surface area contributed by atoms with E-state index in [2.05, 4.69) is 10.6 Å². The molecule has 2 rings (SSSR count). The molecule has 0 unspecified atom stereocenters. The van der Waals surface area contributed by atoms with E-state index in [0.29, 0.717) is 6.42 Å². The van der Waals surface area contributed by atoms with Crippen LogP contribution in [0.5, 0.6) is 0 Å². The van der Waals surface area contributed by atoms with Gasteiger partial charge in [0.2, 0.25) is 11.8 Å². The molecule has 1 aliphatic carbocycles. The van der Waals surface area contributed by atoms with Crippen molar-refractivity contribution in [1.82, 2.24) is 10.6 Å². The molecule has 2 atom stereocenters. The van der Waals surface area contributed by atoms with Crippen LogP contribution in [0.15, 0.2) is 54.6 Å². The van der Waals surface area contributed by atoms with Gasteiger partial charge < -0.3 is 15.4 Å². The topological polar surface area (TPSA) is 84.5 Å². The molecular weight excluding hydrogens is 320 g/mol. The number of esters is 1. The molecule has 0 radical (unpaired) electrons. The van der Waals surface area contributed by atoms with Crippen molar-refractivity contribution in [3.8, 4) is 0 Å². The summed E-state index contributed by atoms with van der Waals surface area (Å²) in [6.07, 6.45) is 7.36. The lowest BCUT2D eigenvalue weighted by molar-refractivity contribution is -0.145. The molecular formula is C19H22N2O4. The van der Waals surface area contributed by atoms with E-state index in [9.17, 15) is 14.4 Å². The lowest BCUT2D eigenvalue weighted by atomic mass is 10.1. The van der Waals surface area contributed by atoms with Gasteiger partial charge in [-0.1, -0.05) is 54.6 Å². The Balaban J connectivity index is 1.95. The Labute approximate surface area is 146 Å². The van der Waals surface area contributed by atoms with Gasteiger partial charge in [-0.2, -0.15) is 0 Å². The predicted molar refractivity (Wildman–Crippen MR) is 93.5 cm³/mol. The van der Waals surface area contributed by atoms with Crippen molar-refractivity contribution in [2.45, 2.75) is 25.4 Å². The number of ether oxygens (including phenoxy) is 1. The van der Waals surface area contributed by atoms with Gasteiger partial charge >= 0.3 is 5.97 Å². The molecule has 1 aromatic rings. The maximum Gasteiger partial charge on any atom is 0.328 e. The quantitative estimate of drug-likeness (QED) is 0.728. The Morgan fingerprint density at radius 3 is 2.32 bits per heavy atom. The zero-order valence-corrected chi connectivity index (χ0v) is 14.3. The van der Waals surface area contributed by atoms with Gasteiger partial charge in [-0.25, -0.2) is 4.79 Å². The molecule has 0 saturated carbocycles. The van der Waals surface area contributed by atoms with Crippen LogP contribution in [0, 0.1) is 5.92 Å². The number of carbonyl (C=O) groups is 3. The van der Waals surface area contributed by atoms with Crippen LogP contribution in [-0.2, 0) is 25.5 Å². The maximum absolute atomic E-state index is 12.3. The molecule has 1 aromatic carbocycles. The molecule has 6 heteroatoms. The van der Waals surface area contributed by atoms with Gasteiger partial charge in [0.05, 0.1) is 13.0 Å². The van der Waals surface area contributed by atoms with Crippen molar-refractivity contribution in [1.29, 1.82) is 0 Å². The predicted octanol–water partition coefficient (Wildman–Crippen LogP) is 1.13. The Morgan fingerprint density at radius 1 is 1.08 bits per heavy atom. The lowest BCUT2D eigenvalue weighted by Crippen LogP contribution is -2.51. The lowest BCUT2D eigenvalue weighted by Gasteiger charge is -2.20. The van der Waals surface area contributed by atoms with Gasteiger partial charge in [-0.3, -0.25) is 9.59 Å². The Bertz CT molecular complexity index is 670. The Morgan fingerprint density at radius 2 is 1.72 bits per heavy atom. The number of methoxy groups -OCH3 is 1. The van der Waals surface area contributed by atoms with E-state index in [4.69, 9.17) is 4.74 Å². The minimum atomic E-state index is -0.814. The van der Waals surface area contributed by atoms with Crippen LogP contribution in [0.25, 0.3) is 0 Å². The number of amides is 2. The monoisotopic (exact) mass is 342 g/mol. The molecule has 0 spiro atoms. The second kappa shape index (κ2) is 8.82. The molecule has 0 bridgehead atoms. The van der Waals surface area contributed by atoms with Crippen LogP contribution in [0.3, 0.4) is 0 Å². The van der Waals surface area contributed by atoms with Crippen LogP contribution in [0.1, 0.15) is 12.5 Å². The summed E-state index contributed by atoms with van der Waals surface area (Å²) >= 11 is 0. The van der Waals surface area contributed by atoms with Crippen molar-refractivity contribution in [3.05, 3.63) is 60.2 Å². The summed E-state index contributed by atoms with van der Waals surface area (Å²) in [6.45, 7) is 1.58. The molecule has 0 aliphatic heterocycles. The Kier molecular flexibility index (Phi) is 6.51. The van der Waals surface area contributed by atoms with Crippen LogP contribution in [-0.4, -0.2) is 37.0 Å². The highest BCUT2D eigenvalue weighted by atomic mass is 16.5. The number of hydrogen-bond acceptors (Lipinski definition) is 4. The van der Waals surface area contributed by atoms with Crippen LogP contribution >= 0.6 is 0 Å². The normalized spacial score (nSPS) is 15.4. The fourth-order valence-corrected chi connectivity index (χ4v) is 2.46. The second-order valence-corrected chi connectivity index (χ2v) is 5.80. The van der Waals surface area contributed by atoms with Crippen molar-refractivity contribution < 1.29 is 19.1 Å². The van der Waals surface area contributed by atoms with Gasteiger partial charge in [0, 0.05) is 6.42 Å². The number of hydrogen-bond donors (Lipinski definition) is 2. The van der Waals surface area contributed by atoms with E-state index in [-0.39, 0.29) is 11.8 Å². The van der Waals surface area contributed by atoms with Gasteiger partial charge in [0.25, 0.3) is 0 Å². The summed E-state index contributed by atoms with van der Waals surface area (Å²) in [5.74, 6) is -1.59. The van der Waals surface area contributed by atoms with Gasteiger partial charge in [-0.05, 0) is 12.5 Å².